The summed E-state index contributed by atoms with van der Waals surface area (Å²) >= 11 is 0. The summed E-state index contributed by atoms with van der Waals surface area (Å²) < 4.78 is 6.52. The molecule has 0 saturated carbocycles. The predicted molar refractivity (Wildman–Crippen MR) is 103 cm³/mol. The first kappa shape index (κ1) is 18.6. The van der Waals surface area contributed by atoms with Crippen molar-refractivity contribution in [3.8, 4) is 11.5 Å². The van der Waals surface area contributed by atoms with Crippen LogP contribution in [0.15, 0.2) is 51.9 Å². The lowest BCUT2D eigenvalue weighted by Gasteiger charge is -2.11. The van der Waals surface area contributed by atoms with Crippen LogP contribution in [0.25, 0.3) is 11.5 Å². The van der Waals surface area contributed by atoms with E-state index in [-0.39, 0.29) is 18.0 Å². The molecule has 2 heterocycles. The van der Waals surface area contributed by atoms with Crippen LogP contribution in [0.4, 0.5) is 5.69 Å². The fourth-order valence-electron chi connectivity index (χ4n) is 2.63. The summed E-state index contributed by atoms with van der Waals surface area (Å²) in [5.41, 5.74) is 2.16. The third-order valence-corrected chi connectivity index (χ3v) is 4.17. The van der Waals surface area contributed by atoms with E-state index in [2.05, 4.69) is 29.3 Å². The van der Waals surface area contributed by atoms with E-state index in [0.29, 0.717) is 35.3 Å². The Bertz CT molecular complexity index is 1000. The highest BCUT2D eigenvalue weighted by Crippen LogP contribution is 2.19. The number of nitrogens with zero attached hydrogens (tertiary/aromatic N) is 3. The van der Waals surface area contributed by atoms with E-state index < -0.39 is 0 Å². The van der Waals surface area contributed by atoms with Gasteiger partial charge in [0, 0.05) is 24.4 Å². The van der Waals surface area contributed by atoms with E-state index in [1.165, 1.54) is 10.6 Å². The lowest BCUT2D eigenvalue weighted by Crippen LogP contribution is -2.26. The van der Waals surface area contributed by atoms with Gasteiger partial charge in [0.05, 0.1) is 5.56 Å². The van der Waals surface area contributed by atoms with Crippen LogP contribution in [0.5, 0.6) is 0 Å². The van der Waals surface area contributed by atoms with Gasteiger partial charge in [0.2, 0.25) is 5.91 Å². The van der Waals surface area contributed by atoms with Gasteiger partial charge in [-0.2, -0.15) is 4.98 Å². The number of pyridine rings is 1. The molecule has 2 aromatic heterocycles. The highest BCUT2D eigenvalue weighted by molar-refractivity contribution is 5.90. The molecule has 7 nitrogen and oxygen atoms in total. The highest BCUT2D eigenvalue weighted by Gasteiger charge is 2.11. The van der Waals surface area contributed by atoms with E-state index in [1.807, 2.05) is 31.2 Å². The second kappa shape index (κ2) is 7.99. The van der Waals surface area contributed by atoms with Gasteiger partial charge < -0.3 is 14.4 Å². The Morgan fingerprint density at radius 3 is 2.78 bits per heavy atom. The average Bonchev–Trinajstić information content (AvgIpc) is 3.13. The molecule has 7 heteroatoms. The number of rotatable bonds is 6. The van der Waals surface area contributed by atoms with Crippen molar-refractivity contribution in [3.05, 3.63) is 64.3 Å². The molecule has 0 radical (unpaired) electrons. The lowest BCUT2D eigenvalue weighted by molar-refractivity contribution is -0.116. The summed E-state index contributed by atoms with van der Waals surface area (Å²) in [6.07, 6.45) is 2.21. The Labute approximate surface area is 157 Å². The molecule has 0 bridgehead atoms. The maximum atomic E-state index is 12.4. The molecule has 0 atom stereocenters. The number of aryl methyl sites for hydroxylation is 1. The molecule has 1 aromatic carbocycles. The number of carbonyl (C=O) groups is 1. The van der Waals surface area contributed by atoms with Crippen LogP contribution in [-0.2, 0) is 17.8 Å². The summed E-state index contributed by atoms with van der Waals surface area (Å²) in [6, 6.07) is 10.7. The first-order chi connectivity index (χ1) is 13.0. The number of hydrogen-bond donors (Lipinski definition) is 1. The molecule has 0 aliphatic heterocycles. The van der Waals surface area contributed by atoms with E-state index in [9.17, 15) is 9.59 Å². The Morgan fingerprint density at radius 2 is 2.07 bits per heavy atom. The van der Waals surface area contributed by atoms with Gasteiger partial charge in [-0.1, -0.05) is 38.1 Å². The van der Waals surface area contributed by atoms with Crippen LogP contribution in [0.3, 0.4) is 0 Å². The number of carbonyl (C=O) groups excluding carboxylic acids is 1. The maximum Gasteiger partial charge on any atom is 0.259 e. The molecule has 0 fully saturated rings. The van der Waals surface area contributed by atoms with E-state index in [4.69, 9.17) is 4.52 Å². The van der Waals surface area contributed by atoms with Crippen molar-refractivity contribution >= 4 is 11.6 Å². The van der Waals surface area contributed by atoms with Crippen LogP contribution in [0.1, 0.15) is 38.1 Å². The molecule has 0 aliphatic rings. The number of benzene rings is 1. The van der Waals surface area contributed by atoms with Gasteiger partial charge in [-0.25, -0.2) is 0 Å². The number of nitrogens with one attached hydrogen (secondary N) is 1. The third kappa shape index (κ3) is 4.49. The van der Waals surface area contributed by atoms with Crippen LogP contribution < -0.4 is 10.9 Å². The van der Waals surface area contributed by atoms with E-state index in [1.54, 1.807) is 12.3 Å². The van der Waals surface area contributed by atoms with Crippen molar-refractivity contribution in [2.45, 2.75) is 39.7 Å². The Kier molecular flexibility index (Phi) is 5.49. The topological polar surface area (TPSA) is 90.0 Å². The molecular weight excluding hydrogens is 344 g/mol. The molecule has 0 unspecified atom stereocenters. The largest absolute Gasteiger partial charge is 0.334 e. The van der Waals surface area contributed by atoms with E-state index in [0.717, 1.165) is 5.56 Å². The molecule has 27 heavy (non-hydrogen) atoms. The summed E-state index contributed by atoms with van der Waals surface area (Å²) in [6.45, 7) is 6.00. The summed E-state index contributed by atoms with van der Waals surface area (Å²) in [4.78, 5) is 28.8. The summed E-state index contributed by atoms with van der Waals surface area (Å²) in [7, 11) is 0. The molecular formula is C20H22N4O3. The van der Waals surface area contributed by atoms with Crippen molar-refractivity contribution in [2.24, 2.45) is 0 Å². The van der Waals surface area contributed by atoms with Crippen molar-refractivity contribution in [2.75, 3.05) is 5.32 Å². The fourth-order valence-corrected chi connectivity index (χ4v) is 2.63. The van der Waals surface area contributed by atoms with Gasteiger partial charge in [-0.15, -0.1) is 0 Å². The molecule has 140 valence electrons. The number of hydrogen-bond acceptors (Lipinski definition) is 5. The minimum Gasteiger partial charge on any atom is -0.334 e. The van der Waals surface area contributed by atoms with Crippen molar-refractivity contribution in [3.63, 3.8) is 0 Å². The van der Waals surface area contributed by atoms with Crippen LogP contribution in [-0.4, -0.2) is 20.6 Å². The van der Waals surface area contributed by atoms with Gasteiger partial charge in [0.1, 0.15) is 6.54 Å². The fraction of sp³-hybridized carbons (Fsp3) is 0.300. The standard InChI is InChI=1S/C20H22N4O3/c1-4-17-22-20(27-23-17)15-8-9-19(26)24(11-15)12-18(25)21-16-7-5-6-14(10-16)13(2)3/h5-11,13H,4,12H2,1-3H3,(H,21,25). The summed E-state index contributed by atoms with van der Waals surface area (Å²) in [5, 5.41) is 6.68. The minimum atomic E-state index is -0.282. The molecule has 0 aliphatic carbocycles. The molecule has 1 amide bonds. The molecule has 0 saturated heterocycles. The summed E-state index contributed by atoms with van der Waals surface area (Å²) in [5.74, 6) is 0.995. The van der Waals surface area contributed by atoms with Gasteiger partial charge in [-0.3, -0.25) is 9.59 Å². The molecule has 3 aromatic rings. The number of amides is 1. The monoisotopic (exact) mass is 366 g/mol. The van der Waals surface area contributed by atoms with Crippen LogP contribution in [0, 0.1) is 0 Å². The zero-order valence-electron chi connectivity index (χ0n) is 15.6. The SMILES string of the molecule is CCc1noc(-c2ccc(=O)n(CC(=O)Nc3cccc(C(C)C)c3)c2)n1. The van der Waals surface area contributed by atoms with Gasteiger partial charge in [0.15, 0.2) is 5.82 Å². The first-order valence-electron chi connectivity index (χ1n) is 8.89. The maximum absolute atomic E-state index is 12.4. The van der Waals surface area contributed by atoms with Gasteiger partial charge in [-0.05, 0) is 29.7 Å². The van der Waals surface area contributed by atoms with Gasteiger partial charge in [0.25, 0.3) is 11.4 Å². The zero-order chi connectivity index (χ0) is 19.4. The zero-order valence-corrected chi connectivity index (χ0v) is 15.6. The average molecular weight is 366 g/mol. The Morgan fingerprint density at radius 1 is 1.26 bits per heavy atom. The molecule has 3 rings (SSSR count). The van der Waals surface area contributed by atoms with Crippen molar-refractivity contribution in [1.29, 1.82) is 0 Å². The first-order valence-corrected chi connectivity index (χ1v) is 8.89. The smallest absolute Gasteiger partial charge is 0.259 e. The predicted octanol–water partition coefficient (Wildman–Crippen LogP) is 3.22. The van der Waals surface area contributed by atoms with Crippen LogP contribution in [0.2, 0.25) is 0 Å². The normalized spacial score (nSPS) is 11.0. The molecule has 1 N–H and O–H groups in total. The second-order valence-corrected chi connectivity index (χ2v) is 6.58. The second-order valence-electron chi connectivity index (χ2n) is 6.58. The van der Waals surface area contributed by atoms with Gasteiger partial charge >= 0.3 is 0 Å². The number of anilines is 1. The number of aromatic nitrogens is 3. The third-order valence-electron chi connectivity index (χ3n) is 4.17. The Hall–Kier alpha value is -3.22. The Balaban J connectivity index is 1.76. The van der Waals surface area contributed by atoms with Crippen molar-refractivity contribution < 1.29 is 9.32 Å². The lowest BCUT2D eigenvalue weighted by atomic mass is 10.0. The quantitative estimate of drug-likeness (QED) is 0.723. The van der Waals surface area contributed by atoms with Crippen LogP contribution >= 0.6 is 0 Å². The highest BCUT2D eigenvalue weighted by atomic mass is 16.5. The minimum absolute atomic E-state index is 0.104. The van der Waals surface area contributed by atoms with Crippen molar-refractivity contribution in [1.82, 2.24) is 14.7 Å². The molecule has 0 spiro atoms. The van der Waals surface area contributed by atoms with E-state index >= 15 is 0 Å².